The summed E-state index contributed by atoms with van der Waals surface area (Å²) in [7, 11) is -3.51. The van der Waals surface area contributed by atoms with E-state index in [4.69, 9.17) is 5.73 Å². The molecule has 0 saturated heterocycles. The van der Waals surface area contributed by atoms with Gasteiger partial charge in [0.15, 0.2) is 0 Å². The summed E-state index contributed by atoms with van der Waals surface area (Å²) in [5, 5.41) is 1.94. The van der Waals surface area contributed by atoms with Crippen LogP contribution in [0.3, 0.4) is 0 Å². The van der Waals surface area contributed by atoms with Crippen LogP contribution in [-0.2, 0) is 16.6 Å². The van der Waals surface area contributed by atoms with Gasteiger partial charge < -0.3 is 5.73 Å². The highest BCUT2D eigenvalue weighted by Gasteiger charge is 2.24. The predicted molar refractivity (Wildman–Crippen MR) is 83.2 cm³/mol. The molecule has 0 aliphatic carbocycles. The van der Waals surface area contributed by atoms with Gasteiger partial charge in [0, 0.05) is 23.7 Å². The Morgan fingerprint density at radius 2 is 2.05 bits per heavy atom. The fourth-order valence-electron chi connectivity index (χ4n) is 2.02. The number of nitrogen functional groups attached to an aromatic ring is 1. The fourth-order valence-corrected chi connectivity index (χ4v) is 4.39. The highest BCUT2D eigenvalue weighted by Crippen LogP contribution is 2.23. The van der Waals surface area contributed by atoms with Crippen molar-refractivity contribution >= 4 is 27.0 Å². The number of nitrogens with two attached hydrogens (primary N) is 1. The summed E-state index contributed by atoms with van der Waals surface area (Å²) < 4.78 is 26.8. The second kappa shape index (κ2) is 5.95. The zero-order valence-corrected chi connectivity index (χ0v) is 13.2. The minimum atomic E-state index is -3.51. The SMILES string of the molecule is CCN(Cc1cccs1)S(=O)(=O)c1cc(C)cc(N)c1. The number of benzene rings is 1. The Balaban J connectivity index is 2.36. The Morgan fingerprint density at radius 1 is 1.30 bits per heavy atom. The highest BCUT2D eigenvalue weighted by molar-refractivity contribution is 7.89. The third kappa shape index (κ3) is 3.20. The number of nitrogens with zero attached hydrogens (tertiary/aromatic N) is 1. The van der Waals surface area contributed by atoms with E-state index in [0.29, 0.717) is 18.8 Å². The molecule has 108 valence electrons. The molecule has 2 rings (SSSR count). The van der Waals surface area contributed by atoms with Crippen molar-refractivity contribution in [3.63, 3.8) is 0 Å². The average molecular weight is 310 g/mol. The van der Waals surface area contributed by atoms with E-state index in [2.05, 4.69) is 0 Å². The van der Waals surface area contributed by atoms with E-state index in [1.54, 1.807) is 23.5 Å². The third-order valence-corrected chi connectivity index (χ3v) is 5.74. The molecule has 0 bridgehead atoms. The maximum absolute atomic E-state index is 12.7. The van der Waals surface area contributed by atoms with Crippen molar-refractivity contribution in [2.24, 2.45) is 0 Å². The summed E-state index contributed by atoms with van der Waals surface area (Å²) in [4.78, 5) is 1.28. The van der Waals surface area contributed by atoms with Crippen LogP contribution in [0, 0.1) is 6.92 Å². The van der Waals surface area contributed by atoms with Gasteiger partial charge in [-0.25, -0.2) is 8.42 Å². The molecule has 20 heavy (non-hydrogen) atoms. The van der Waals surface area contributed by atoms with Crippen molar-refractivity contribution in [1.29, 1.82) is 0 Å². The van der Waals surface area contributed by atoms with E-state index in [-0.39, 0.29) is 4.90 Å². The van der Waals surface area contributed by atoms with Crippen LogP contribution in [0.4, 0.5) is 5.69 Å². The van der Waals surface area contributed by atoms with Gasteiger partial charge in [-0.05, 0) is 42.1 Å². The minimum absolute atomic E-state index is 0.258. The molecule has 1 aromatic heterocycles. The van der Waals surface area contributed by atoms with E-state index in [9.17, 15) is 8.42 Å². The van der Waals surface area contributed by atoms with Crippen LogP contribution < -0.4 is 5.73 Å². The molecule has 2 N–H and O–H groups in total. The normalized spacial score (nSPS) is 11.9. The van der Waals surface area contributed by atoms with Gasteiger partial charge >= 0.3 is 0 Å². The van der Waals surface area contributed by atoms with E-state index < -0.39 is 10.0 Å². The van der Waals surface area contributed by atoms with Crippen molar-refractivity contribution in [3.05, 3.63) is 46.2 Å². The average Bonchev–Trinajstić information content (AvgIpc) is 2.87. The van der Waals surface area contributed by atoms with Gasteiger partial charge in [-0.2, -0.15) is 4.31 Å². The van der Waals surface area contributed by atoms with Crippen LogP contribution in [-0.4, -0.2) is 19.3 Å². The Labute approximate surface area is 123 Å². The van der Waals surface area contributed by atoms with Crippen molar-refractivity contribution in [2.45, 2.75) is 25.3 Å². The number of anilines is 1. The van der Waals surface area contributed by atoms with Gasteiger partial charge in [-0.3, -0.25) is 0 Å². The lowest BCUT2D eigenvalue weighted by Crippen LogP contribution is -2.30. The zero-order valence-electron chi connectivity index (χ0n) is 11.5. The van der Waals surface area contributed by atoms with Crippen molar-refractivity contribution in [2.75, 3.05) is 12.3 Å². The maximum Gasteiger partial charge on any atom is 0.243 e. The van der Waals surface area contributed by atoms with E-state index >= 15 is 0 Å². The number of sulfonamides is 1. The van der Waals surface area contributed by atoms with Crippen LogP contribution in [0.25, 0.3) is 0 Å². The second-order valence-corrected chi connectivity index (χ2v) is 7.56. The van der Waals surface area contributed by atoms with Gasteiger partial charge in [0.05, 0.1) is 4.90 Å². The lowest BCUT2D eigenvalue weighted by molar-refractivity contribution is 0.426. The molecule has 0 unspecified atom stereocenters. The molecular formula is C14H18N2O2S2. The molecule has 0 aliphatic heterocycles. The molecule has 2 aromatic rings. The molecule has 1 aromatic carbocycles. The Bertz CT molecular complexity index is 659. The Hall–Kier alpha value is -1.37. The van der Waals surface area contributed by atoms with Crippen LogP contribution >= 0.6 is 11.3 Å². The lowest BCUT2D eigenvalue weighted by atomic mass is 10.2. The Morgan fingerprint density at radius 3 is 2.60 bits per heavy atom. The first-order chi connectivity index (χ1) is 9.43. The van der Waals surface area contributed by atoms with Gasteiger partial charge in [0.1, 0.15) is 0 Å². The molecule has 4 nitrogen and oxygen atoms in total. The quantitative estimate of drug-likeness (QED) is 0.864. The van der Waals surface area contributed by atoms with E-state index in [1.807, 2.05) is 31.4 Å². The Kier molecular flexibility index (Phi) is 4.47. The summed E-state index contributed by atoms with van der Waals surface area (Å²) in [5.41, 5.74) is 7.06. The smallest absolute Gasteiger partial charge is 0.243 e. The summed E-state index contributed by atoms with van der Waals surface area (Å²) in [6.45, 7) is 4.49. The van der Waals surface area contributed by atoms with Gasteiger partial charge in [0.25, 0.3) is 0 Å². The summed E-state index contributed by atoms with van der Waals surface area (Å²) in [6, 6.07) is 8.79. The summed E-state index contributed by atoms with van der Waals surface area (Å²) in [6.07, 6.45) is 0. The molecule has 0 spiro atoms. The molecule has 0 atom stereocenters. The molecule has 0 fully saturated rings. The maximum atomic E-state index is 12.7. The minimum Gasteiger partial charge on any atom is -0.399 e. The lowest BCUT2D eigenvalue weighted by Gasteiger charge is -2.20. The van der Waals surface area contributed by atoms with E-state index in [0.717, 1.165) is 10.4 Å². The zero-order chi connectivity index (χ0) is 14.8. The number of aryl methyl sites for hydroxylation is 1. The van der Waals surface area contributed by atoms with E-state index in [1.165, 1.54) is 10.4 Å². The van der Waals surface area contributed by atoms with Gasteiger partial charge in [-0.15, -0.1) is 11.3 Å². The molecule has 0 saturated carbocycles. The third-order valence-electron chi connectivity index (χ3n) is 2.98. The molecule has 0 radical (unpaired) electrons. The first kappa shape index (κ1) is 15.0. The molecular weight excluding hydrogens is 292 g/mol. The topological polar surface area (TPSA) is 63.4 Å². The van der Waals surface area contributed by atoms with Crippen LogP contribution in [0.2, 0.25) is 0 Å². The van der Waals surface area contributed by atoms with Crippen molar-refractivity contribution < 1.29 is 8.42 Å². The number of thiophene rings is 1. The second-order valence-electron chi connectivity index (χ2n) is 4.59. The standard InChI is InChI=1S/C14H18N2O2S2/c1-3-16(10-13-5-4-6-19-13)20(17,18)14-8-11(2)7-12(15)9-14/h4-9H,3,10,15H2,1-2H3. The van der Waals surface area contributed by atoms with Gasteiger partial charge in [0.2, 0.25) is 10.0 Å². The summed E-state index contributed by atoms with van der Waals surface area (Å²) in [5.74, 6) is 0. The van der Waals surface area contributed by atoms with Gasteiger partial charge in [-0.1, -0.05) is 13.0 Å². The van der Waals surface area contributed by atoms with Crippen molar-refractivity contribution in [1.82, 2.24) is 4.31 Å². The largest absolute Gasteiger partial charge is 0.399 e. The molecule has 6 heteroatoms. The first-order valence-electron chi connectivity index (χ1n) is 6.33. The van der Waals surface area contributed by atoms with Crippen LogP contribution in [0.1, 0.15) is 17.4 Å². The number of hydrogen-bond donors (Lipinski definition) is 1. The first-order valence-corrected chi connectivity index (χ1v) is 8.65. The molecule has 0 aliphatic rings. The fraction of sp³-hybridized carbons (Fsp3) is 0.286. The number of rotatable bonds is 5. The van der Waals surface area contributed by atoms with Crippen LogP contribution in [0.15, 0.2) is 40.6 Å². The van der Waals surface area contributed by atoms with Crippen LogP contribution in [0.5, 0.6) is 0 Å². The predicted octanol–water partition coefficient (Wildman–Crippen LogP) is 2.85. The highest BCUT2D eigenvalue weighted by atomic mass is 32.2. The molecule has 0 amide bonds. The summed E-state index contributed by atoms with van der Waals surface area (Å²) >= 11 is 1.55. The monoisotopic (exact) mass is 310 g/mol. The number of hydrogen-bond acceptors (Lipinski definition) is 4. The van der Waals surface area contributed by atoms with Crippen molar-refractivity contribution in [3.8, 4) is 0 Å². The molecule has 1 heterocycles.